The van der Waals surface area contributed by atoms with Gasteiger partial charge in [-0.15, -0.1) is 0 Å². The summed E-state index contributed by atoms with van der Waals surface area (Å²) in [4.78, 5) is 13.6. The predicted molar refractivity (Wildman–Crippen MR) is 74.3 cm³/mol. The van der Waals surface area contributed by atoms with Crippen molar-refractivity contribution in [1.29, 1.82) is 0 Å². The van der Waals surface area contributed by atoms with Crippen LogP contribution in [0.2, 0.25) is 5.15 Å². The number of methoxy groups -OCH3 is 1. The zero-order valence-corrected chi connectivity index (χ0v) is 12.3. The number of aromatic nitrogens is 1. The number of hydrogen-bond donors (Lipinski definition) is 0. The van der Waals surface area contributed by atoms with Gasteiger partial charge in [0.2, 0.25) is 14.9 Å². The van der Waals surface area contributed by atoms with Gasteiger partial charge >= 0.3 is 5.69 Å². The summed E-state index contributed by atoms with van der Waals surface area (Å²) in [7, 11) is -2.72. The van der Waals surface area contributed by atoms with Crippen LogP contribution in [0.1, 0.15) is 0 Å². The second kappa shape index (κ2) is 5.66. The maximum absolute atomic E-state index is 12.4. The highest BCUT2D eigenvalue weighted by atomic mass is 35.5. The Hall–Kier alpha value is -2.19. The van der Waals surface area contributed by atoms with E-state index in [-0.39, 0.29) is 10.0 Å². The molecular formula is C12H9ClN2O5S. The van der Waals surface area contributed by atoms with E-state index < -0.39 is 25.5 Å². The Kier molecular flexibility index (Phi) is 4.10. The molecule has 0 unspecified atom stereocenters. The van der Waals surface area contributed by atoms with Gasteiger partial charge in [-0.1, -0.05) is 11.6 Å². The molecule has 1 aromatic heterocycles. The summed E-state index contributed by atoms with van der Waals surface area (Å²) in [5, 5.41) is 10.1. The number of ether oxygens (including phenoxy) is 1. The number of rotatable bonds is 4. The van der Waals surface area contributed by atoms with Gasteiger partial charge in [0.25, 0.3) is 0 Å². The number of benzene rings is 1. The van der Waals surface area contributed by atoms with Crippen molar-refractivity contribution in [2.75, 3.05) is 7.11 Å². The fraction of sp³-hybridized carbons (Fsp3) is 0.0833. The highest BCUT2D eigenvalue weighted by Crippen LogP contribution is 2.29. The summed E-state index contributed by atoms with van der Waals surface area (Å²) in [5.74, 6) is 0.461. The molecule has 0 radical (unpaired) electrons. The van der Waals surface area contributed by atoms with Crippen LogP contribution >= 0.6 is 11.6 Å². The maximum atomic E-state index is 12.4. The van der Waals surface area contributed by atoms with E-state index in [0.717, 1.165) is 12.1 Å². The first-order valence-corrected chi connectivity index (χ1v) is 7.42. The van der Waals surface area contributed by atoms with E-state index in [1.165, 1.54) is 31.4 Å². The Labute approximate surface area is 125 Å². The molecule has 0 aliphatic carbocycles. The van der Waals surface area contributed by atoms with Gasteiger partial charge in [0.05, 0.1) is 16.9 Å². The summed E-state index contributed by atoms with van der Waals surface area (Å²) < 4.78 is 29.8. The van der Waals surface area contributed by atoms with Crippen molar-refractivity contribution in [3.8, 4) is 5.75 Å². The molecule has 0 spiro atoms. The maximum Gasteiger partial charge on any atom is 0.307 e. The molecule has 7 nitrogen and oxygen atoms in total. The van der Waals surface area contributed by atoms with Gasteiger partial charge in [0.15, 0.2) is 0 Å². The van der Waals surface area contributed by atoms with Gasteiger partial charge in [0.1, 0.15) is 10.9 Å². The molecule has 2 aromatic rings. The van der Waals surface area contributed by atoms with Crippen molar-refractivity contribution in [3.63, 3.8) is 0 Å². The molecule has 0 aliphatic heterocycles. The zero-order valence-electron chi connectivity index (χ0n) is 10.7. The van der Waals surface area contributed by atoms with Gasteiger partial charge in [-0.2, -0.15) is 0 Å². The third kappa shape index (κ3) is 2.96. The molecule has 1 aromatic carbocycles. The van der Waals surface area contributed by atoms with Gasteiger partial charge in [-0.25, -0.2) is 13.4 Å². The van der Waals surface area contributed by atoms with Crippen LogP contribution in [0.5, 0.6) is 5.75 Å². The topological polar surface area (TPSA) is 99.4 Å². The van der Waals surface area contributed by atoms with E-state index >= 15 is 0 Å². The largest absolute Gasteiger partial charge is 0.497 e. The standard InChI is InChI=1S/C12H9ClN2O5S/c1-20-8-2-4-9(5-3-8)21(18,19)12-10(15(16)17)6-7-11(13)14-12/h2-7H,1H3. The third-order valence-electron chi connectivity index (χ3n) is 2.63. The summed E-state index contributed by atoms with van der Waals surface area (Å²) >= 11 is 5.64. The van der Waals surface area contributed by atoms with Crippen molar-refractivity contribution >= 4 is 27.1 Å². The van der Waals surface area contributed by atoms with Gasteiger partial charge < -0.3 is 4.74 Å². The highest BCUT2D eigenvalue weighted by molar-refractivity contribution is 7.91. The Morgan fingerprint density at radius 2 is 1.81 bits per heavy atom. The van der Waals surface area contributed by atoms with Crippen LogP contribution in [0.25, 0.3) is 0 Å². The predicted octanol–water partition coefficient (Wildman–Crippen LogP) is 2.48. The van der Waals surface area contributed by atoms with Crippen LogP contribution < -0.4 is 4.74 Å². The van der Waals surface area contributed by atoms with Crippen molar-refractivity contribution in [3.05, 3.63) is 51.7 Å². The Morgan fingerprint density at radius 3 is 2.33 bits per heavy atom. The van der Waals surface area contributed by atoms with Gasteiger partial charge in [-0.3, -0.25) is 10.1 Å². The number of halogens is 1. The smallest absolute Gasteiger partial charge is 0.307 e. The van der Waals surface area contributed by atoms with E-state index in [9.17, 15) is 18.5 Å². The second-order valence-corrected chi connectivity index (χ2v) is 6.15. The number of hydrogen-bond acceptors (Lipinski definition) is 6. The lowest BCUT2D eigenvalue weighted by atomic mass is 10.3. The lowest BCUT2D eigenvalue weighted by molar-refractivity contribution is -0.388. The lowest BCUT2D eigenvalue weighted by Gasteiger charge is -2.06. The Balaban J connectivity index is 2.62. The van der Waals surface area contributed by atoms with Crippen LogP contribution in [0.15, 0.2) is 46.3 Å². The van der Waals surface area contributed by atoms with E-state index in [1.54, 1.807) is 0 Å². The summed E-state index contributed by atoms with van der Waals surface area (Å²) in [5.41, 5.74) is -0.629. The zero-order chi connectivity index (χ0) is 15.6. The Bertz CT molecular complexity index is 790. The number of nitro groups is 1. The van der Waals surface area contributed by atoms with E-state index in [1.807, 2.05) is 0 Å². The number of sulfone groups is 1. The summed E-state index contributed by atoms with van der Waals surface area (Å²) in [6, 6.07) is 7.59. The van der Waals surface area contributed by atoms with Crippen molar-refractivity contribution in [2.45, 2.75) is 9.92 Å². The molecule has 0 bridgehead atoms. The van der Waals surface area contributed by atoms with Crippen LogP contribution in [0, 0.1) is 10.1 Å². The quantitative estimate of drug-likeness (QED) is 0.485. The minimum Gasteiger partial charge on any atom is -0.497 e. The number of pyridine rings is 1. The molecule has 0 amide bonds. The first-order valence-electron chi connectivity index (χ1n) is 5.56. The normalized spacial score (nSPS) is 11.1. The molecule has 0 saturated heterocycles. The average Bonchev–Trinajstić information content (AvgIpc) is 2.47. The molecule has 0 fully saturated rings. The van der Waals surface area contributed by atoms with Gasteiger partial charge in [0, 0.05) is 6.07 Å². The molecule has 0 N–H and O–H groups in total. The van der Waals surface area contributed by atoms with Crippen molar-refractivity contribution < 1.29 is 18.1 Å². The molecule has 9 heteroatoms. The van der Waals surface area contributed by atoms with E-state index in [0.29, 0.717) is 5.75 Å². The highest BCUT2D eigenvalue weighted by Gasteiger charge is 2.29. The van der Waals surface area contributed by atoms with Crippen LogP contribution in [0.4, 0.5) is 5.69 Å². The molecular weight excluding hydrogens is 320 g/mol. The lowest BCUT2D eigenvalue weighted by Crippen LogP contribution is -2.08. The number of nitrogens with zero attached hydrogens (tertiary/aromatic N) is 2. The molecule has 0 saturated carbocycles. The van der Waals surface area contributed by atoms with Crippen LogP contribution in [-0.2, 0) is 9.84 Å². The molecule has 1 heterocycles. The first kappa shape index (κ1) is 15.2. The average molecular weight is 329 g/mol. The van der Waals surface area contributed by atoms with Gasteiger partial charge in [-0.05, 0) is 30.3 Å². The third-order valence-corrected chi connectivity index (χ3v) is 4.54. The summed E-state index contributed by atoms with van der Waals surface area (Å²) in [6.07, 6.45) is 0. The molecule has 21 heavy (non-hydrogen) atoms. The van der Waals surface area contributed by atoms with E-state index in [2.05, 4.69) is 4.98 Å². The molecule has 0 aliphatic rings. The molecule has 2 rings (SSSR count). The fourth-order valence-electron chi connectivity index (χ4n) is 1.61. The van der Waals surface area contributed by atoms with Crippen LogP contribution in [0.3, 0.4) is 0 Å². The monoisotopic (exact) mass is 328 g/mol. The SMILES string of the molecule is COc1ccc(S(=O)(=O)c2nc(Cl)ccc2[N+](=O)[O-])cc1. The fourth-order valence-corrected chi connectivity index (χ4v) is 3.17. The Morgan fingerprint density at radius 1 is 1.19 bits per heavy atom. The van der Waals surface area contributed by atoms with Crippen molar-refractivity contribution in [1.82, 2.24) is 4.98 Å². The van der Waals surface area contributed by atoms with E-state index in [4.69, 9.17) is 16.3 Å². The van der Waals surface area contributed by atoms with Crippen molar-refractivity contribution in [2.24, 2.45) is 0 Å². The minimum absolute atomic E-state index is 0.138. The second-order valence-electron chi connectivity index (χ2n) is 3.89. The van der Waals surface area contributed by atoms with Crippen LogP contribution in [-0.4, -0.2) is 25.4 Å². The molecule has 0 atom stereocenters. The minimum atomic E-state index is -4.15. The molecule has 110 valence electrons. The summed E-state index contributed by atoms with van der Waals surface area (Å²) in [6.45, 7) is 0. The first-order chi connectivity index (χ1) is 9.86.